The Morgan fingerprint density at radius 1 is 1.00 bits per heavy atom. The maximum Gasteiger partial charge on any atom is 0 e. The zero-order chi connectivity index (χ0) is 0. The molecule has 28 valence electrons. The number of hydrogen-bond donors (Lipinski definition) is 0. The van der Waals surface area contributed by atoms with Crippen LogP contribution in [-0.2, 0) is 59.3 Å². The van der Waals surface area contributed by atoms with E-state index >= 15 is 0 Å². The average molecular weight is 236 g/mol. The van der Waals surface area contributed by atoms with Gasteiger partial charge in [-0.15, -0.1) is 0 Å². The predicted octanol–water partition coefficient (Wildman–Crippen LogP) is 0.0506. The Balaban J connectivity index is 0. The first-order chi connectivity index (χ1) is 0. The largest absolute Gasteiger partial charge is 0.153 e. The zero-order valence-corrected chi connectivity index (χ0v) is 7.90. The van der Waals surface area contributed by atoms with Crippen molar-refractivity contribution in [3.8, 4) is 0 Å². The fraction of sp³-hybridized carbons (Fsp3) is 0. The van der Waals surface area contributed by atoms with Crippen LogP contribution < -0.4 is 0 Å². The van der Waals surface area contributed by atoms with Crippen LogP contribution in [-0.4, -0.2) is 0 Å². The first-order valence-corrected chi connectivity index (χ1v) is 0. The van der Waals surface area contributed by atoms with Gasteiger partial charge in [0, 0.05) is 59.3 Å². The third-order valence-electron chi connectivity index (χ3n) is 0. The molecule has 0 amide bonds. The summed E-state index contributed by atoms with van der Waals surface area (Å²) >= 11 is 0. The van der Waals surface area contributed by atoms with Gasteiger partial charge in [-0.05, 0) is 0 Å². The molecule has 4 heavy (non-hydrogen) atoms. The Hall–Kier alpha value is 2.33. The summed E-state index contributed by atoms with van der Waals surface area (Å²) in [6, 6.07) is 0. The molecular formula is H3MoNiPTi. The maximum atomic E-state index is 0. The topological polar surface area (TPSA) is 0 Å². The summed E-state index contributed by atoms with van der Waals surface area (Å²) in [5.74, 6) is 0. The summed E-state index contributed by atoms with van der Waals surface area (Å²) in [6.07, 6.45) is 0. The van der Waals surface area contributed by atoms with Crippen LogP contribution in [0.4, 0.5) is 0 Å². The van der Waals surface area contributed by atoms with E-state index < -0.39 is 0 Å². The van der Waals surface area contributed by atoms with Crippen molar-refractivity contribution in [1.29, 1.82) is 0 Å². The standard InChI is InChI=1S/Mo.Ni.H3P.Ti/h;;1H3;. The van der Waals surface area contributed by atoms with Crippen LogP contribution in [0.25, 0.3) is 0 Å². The van der Waals surface area contributed by atoms with Crippen molar-refractivity contribution in [2.24, 2.45) is 0 Å². The molecule has 0 aliphatic carbocycles. The Morgan fingerprint density at radius 2 is 1.00 bits per heavy atom. The van der Waals surface area contributed by atoms with Crippen LogP contribution in [0.15, 0.2) is 0 Å². The SMILES string of the molecule is P.[Mo].[Ni].[Ti]. The van der Waals surface area contributed by atoms with Crippen molar-refractivity contribution < 1.29 is 59.3 Å². The van der Waals surface area contributed by atoms with E-state index in [1.54, 1.807) is 0 Å². The van der Waals surface area contributed by atoms with Crippen molar-refractivity contribution in [1.82, 2.24) is 0 Å². The molecule has 0 saturated carbocycles. The molecule has 0 bridgehead atoms. The van der Waals surface area contributed by atoms with Crippen LogP contribution in [0.1, 0.15) is 0 Å². The number of hydrogen-bond acceptors (Lipinski definition) is 0. The van der Waals surface area contributed by atoms with E-state index in [2.05, 4.69) is 0 Å². The van der Waals surface area contributed by atoms with Gasteiger partial charge in [-0.25, -0.2) is 0 Å². The molecule has 0 nitrogen and oxygen atoms in total. The monoisotopic (exact) mass is 238 g/mol. The van der Waals surface area contributed by atoms with Crippen LogP contribution in [0, 0.1) is 0 Å². The summed E-state index contributed by atoms with van der Waals surface area (Å²) < 4.78 is 0. The van der Waals surface area contributed by atoms with E-state index in [1.807, 2.05) is 0 Å². The van der Waals surface area contributed by atoms with Crippen molar-refractivity contribution in [3.63, 3.8) is 0 Å². The van der Waals surface area contributed by atoms with Gasteiger partial charge in [0.25, 0.3) is 0 Å². The van der Waals surface area contributed by atoms with Crippen molar-refractivity contribution in [2.75, 3.05) is 0 Å². The molecule has 0 aromatic carbocycles. The molecular weight excluding hydrogens is 233 g/mol. The van der Waals surface area contributed by atoms with Gasteiger partial charge < -0.3 is 0 Å². The van der Waals surface area contributed by atoms with Gasteiger partial charge in [0.05, 0.1) is 0 Å². The van der Waals surface area contributed by atoms with E-state index in [0.29, 0.717) is 0 Å². The smallest absolute Gasteiger partial charge is 0 e. The Labute approximate surface area is 68.6 Å². The third-order valence-corrected chi connectivity index (χ3v) is 0. The summed E-state index contributed by atoms with van der Waals surface area (Å²) in [7, 11) is 0. The summed E-state index contributed by atoms with van der Waals surface area (Å²) in [4.78, 5) is 0. The quantitative estimate of drug-likeness (QED) is 0.412. The average Bonchev–Trinajstić information content (AvgIpc) is 0. The molecule has 0 heterocycles. The van der Waals surface area contributed by atoms with Crippen molar-refractivity contribution in [3.05, 3.63) is 0 Å². The zero-order valence-electron chi connectivity index (χ0n) is 1.93. The summed E-state index contributed by atoms with van der Waals surface area (Å²) in [5, 5.41) is 0. The van der Waals surface area contributed by atoms with Crippen LogP contribution in [0.2, 0.25) is 0 Å². The molecule has 0 spiro atoms. The Morgan fingerprint density at radius 3 is 1.00 bits per heavy atom. The normalized spacial score (nSPS) is 0. The van der Waals surface area contributed by atoms with E-state index in [-0.39, 0.29) is 69.2 Å². The third kappa shape index (κ3) is 8.85. The van der Waals surface area contributed by atoms with Crippen LogP contribution in [0.3, 0.4) is 0 Å². The van der Waals surface area contributed by atoms with Crippen LogP contribution in [0.5, 0.6) is 0 Å². The van der Waals surface area contributed by atoms with E-state index in [4.69, 9.17) is 0 Å². The molecule has 0 aliphatic heterocycles. The molecule has 0 aromatic rings. The summed E-state index contributed by atoms with van der Waals surface area (Å²) in [5.41, 5.74) is 0. The Kier molecular flexibility index (Phi) is 153. The van der Waals surface area contributed by atoms with Crippen molar-refractivity contribution >= 4 is 9.90 Å². The molecule has 0 aromatic heterocycles. The van der Waals surface area contributed by atoms with E-state index in [1.165, 1.54) is 0 Å². The minimum atomic E-state index is 0. The first-order valence-electron chi connectivity index (χ1n) is 0. The van der Waals surface area contributed by atoms with Gasteiger partial charge in [-0.1, -0.05) is 0 Å². The molecule has 4 heteroatoms. The van der Waals surface area contributed by atoms with Gasteiger partial charge >= 0.3 is 0 Å². The van der Waals surface area contributed by atoms with E-state index in [0.717, 1.165) is 0 Å². The molecule has 1 unspecified atom stereocenters. The molecule has 1 atom stereocenters. The molecule has 0 radical (unpaired) electrons. The van der Waals surface area contributed by atoms with Gasteiger partial charge in [-0.3, -0.25) is 0 Å². The van der Waals surface area contributed by atoms with Gasteiger partial charge in [-0.2, -0.15) is 9.90 Å². The molecule has 0 fully saturated rings. The van der Waals surface area contributed by atoms with Gasteiger partial charge in [0.2, 0.25) is 0 Å². The summed E-state index contributed by atoms with van der Waals surface area (Å²) in [6.45, 7) is 0. The molecule has 0 saturated heterocycles. The number of rotatable bonds is 0. The van der Waals surface area contributed by atoms with Crippen molar-refractivity contribution in [2.45, 2.75) is 0 Å². The second kappa shape index (κ2) is 18.4. The van der Waals surface area contributed by atoms with Gasteiger partial charge in [0.1, 0.15) is 0 Å². The molecule has 0 rings (SSSR count). The second-order valence-electron chi connectivity index (χ2n) is 0. The molecule has 0 N–H and O–H groups in total. The second-order valence-corrected chi connectivity index (χ2v) is 0. The fourth-order valence-electron chi connectivity index (χ4n) is 0. The maximum absolute atomic E-state index is 0. The minimum Gasteiger partial charge on any atom is -0.153 e. The van der Waals surface area contributed by atoms with Gasteiger partial charge in [0.15, 0.2) is 0 Å². The Bertz CT molecular complexity index is 8.00. The molecule has 0 aliphatic rings. The fourth-order valence-corrected chi connectivity index (χ4v) is 0. The van der Waals surface area contributed by atoms with E-state index in [9.17, 15) is 0 Å². The minimum absolute atomic E-state index is 0. The first kappa shape index (κ1) is 33.2. The van der Waals surface area contributed by atoms with Crippen LogP contribution >= 0.6 is 9.90 Å². The predicted molar refractivity (Wildman–Crippen MR) is 11.1 cm³/mol.